The summed E-state index contributed by atoms with van der Waals surface area (Å²) in [6, 6.07) is 12.0. The molecule has 0 aliphatic heterocycles. The fourth-order valence-electron chi connectivity index (χ4n) is 1.67. The Morgan fingerprint density at radius 2 is 2.00 bits per heavy atom. The first kappa shape index (κ1) is 10.8. The number of furan rings is 1. The number of quaternary nitrogens is 1. The zero-order valence-corrected chi connectivity index (χ0v) is 9.35. The Morgan fingerprint density at radius 1 is 1.12 bits per heavy atom. The minimum atomic E-state index is 0.852. The van der Waals surface area contributed by atoms with Crippen LogP contribution in [0, 0.1) is 0 Å². The average Bonchev–Trinajstić information content (AvgIpc) is 2.83. The maximum absolute atomic E-state index is 5.29. The molecule has 0 saturated heterocycles. The monoisotopic (exact) mass is 218 g/mol. The Hall–Kier alpha value is -1.74. The smallest absolute Gasteiger partial charge is 0.157 e. The number of benzene rings is 1. The molecule has 3 nitrogen and oxygen atoms in total. The number of ether oxygens (including phenoxy) is 1. The summed E-state index contributed by atoms with van der Waals surface area (Å²) in [5, 5.41) is 2.19. The first-order chi connectivity index (χ1) is 7.90. The van der Waals surface area contributed by atoms with Gasteiger partial charge in [-0.2, -0.15) is 0 Å². The van der Waals surface area contributed by atoms with Crippen molar-refractivity contribution in [1.29, 1.82) is 0 Å². The fraction of sp³-hybridized carbons (Fsp3) is 0.231. The lowest BCUT2D eigenvalue weighted by molar-refractivity contribution is -0.688. The molecule has 0 radical (unpaired) electrons. The van der Waals surface area contributed by atoms with E-state index in [9.17, 15) is 0 Å². The third-order valence-corrected chi connectivity index (χ3v) is 2.48. The first-order valence-electron chi connectivity index (χ1n) is 5.36. The summed E-state index contributed by atoms with van der Waals surface area (Å²) in [6.07, 6.45) is 1.70. The normalized spacial score (nSPS) is 10.3. The van der Waals surface area contributed by atoms with Crippen molar-refractivity contribution in [2.75, 3.05) is 7.11 Å². The van der Waals surface area contributed by atoms with Crippen LogP contribution < -0.4 is 10.1 Å². The molecule has 16 heavy (non-hydrogen) atoms. The molecule has 2 N–H and O–H groups in total. The molecule has 0 fully saturated rings. The summed E-state index contributed by atoms with van der Waals surface area (Å²) in [5.41, 5.74) is 1.21. The minimum Gasteiger partial charge on any atom is -0.496 e. The Bertz CT molecular complexity index is 423. The molecule has 2 aromatic rings. The van der Waals surface area contributed by atoms with Crippen molar-refractivity contribution >= 4 is 0 Å². The van der Waals surface area contributed by atoms with E-state index in [4.69, 9.17) is 9.15 Å². The van der Waals surface area contributed by atoms with Crippen LogP contribution in [0.3, 0.4) is 0 Å². The highest BCUT2D eigenvalue weighted by Crippen LogP contribution is 2.15. The number of rotatable bonds is 5. The predicted octanol–water partition coefficient (Wildman–Crippen LogP) is 1.55. The van der Waals surface area contributed by atoms with Crippen molar-refractivity contribution in [1.82, 2.24) is 0 Å². The third-order valence-electron chi connectivity index (χ3n) is 2.48. The van der Waals surface area contributed by atoms with Crippen LogP contribution in [0.25, 0.3) is 0 Å². The summed E-state index contributed by atoms with van der Waals surface area (Å²) >= 11 is 0. The molecule has 1 heterocycles. The number of para-hydroxylation sites is 1. The van der Waals surface area contributed by atoms with Gasteiger partial charge in [0.2, 0.25) is 0 Å². The van der Waals surface area contributed by atoms with Gasteiger partial charge in [0.25, 0.3) is 0 Å². The summed E-state index contributed by atoms with van der Waals surface area (Å²) in [5.74, 6) is 1.94. The summed E-state index contributed by atoms with van der Waals surface area (Å²) in [7, 11) is 1.70. The van der Waals surface area contributed by atoms with Gasteiger partial charge < -0.3 is 14.5 Å². The molecule has 2 rings (SSSR count). The zero-order valence-electron chi connectivity index (χ0n) is 9.35. The molecule has 0 saturated carbocycles. The molecule has 1 aromatic heterocycles. The lowest BCUT2D eigenvalue weighted by atomic mass is 10.2. The van der Waals surface area contributed by atoms with Crippen LogP contribution in [0.2, 0.25) is 0 Å². The van der Waals surface area contributed by atoms with Crippen LogP contribution in [-0.4, -0.2) is 7.11 Å². The fourth-order valence-corrected chi connectivity index (χ4v) is 1.67. The van der Waals surface area contributed by atoms with Crippen molar-refractivity contribution in [3.05, 3.63) is 54.0 Å². The van der Waals surface area contributed by atoms with Gasteiger partial charge in [-0.05, 0) is 24.3 Å². The van der Waals surface area contributed by atoms with E-state index in [1.165, 1.54) is 5.56 Å². The Balaban J connectivity index is 1.89. The lowest BCUT2D eigenvalue weighted by Crippen LogP contribution is -2.80. The van der Waals surface area contributed by atoms with Gasteiger partial charge in [-0.25, -0.2) is 0 Å². The van der Waals surface area contributed by atoms with Crippen LogP contribution >= 0.6 is 0 Å². The Morgan fingerprint density at radius 3 is 2.75 bits per heavy atom. The highest BCUT2D eigenvalue weighted by molar-refractivity contribution is 5.32. The Labute approximate surface area is 95.0 Å². The van der Waals surface area contributed by atoms with Gasteiger partial charge in [0.05, 0.1) is 13.4 Å². The van der Waals surface area contributed by atoms with Crippen molar-refractivity contribution in [3.8, 4) is 5.75 Å². The van der Waals surface area contributed by atoms with Crippen LogP contribution in [0.4, 0.5) is 0 Å². The summed E-state index contributed by atoms with van der Waals surface area (Å²) in [6.45, 7) is 1.75. The van der Waals surface area contributed by atoms with E-state index in [0.29, 0.717) is 0 Å². The van der Waals surface area contributed by atoms with Gasteiger partial charge in [0.15, 0.2) is 5.76 Å². The highest BCUT2D eigenvalue weighted by Gasteiger charge is 2.04. The molecule has 0 amide bonds. The average molecular weight is 218 g/mol. The van der Waals surface area contributed by atoms with E-state index < -0.39 is 0 Å². The maximum Gasteiger partial charge on any atom is 0.157 e. The molecule has 0 spiro atoms. The SMILES string of the molecule is COc1ccccc1C[NH2+]Cc1ccco1. The van der Waals surface area contributed by atoms with Crippen LogP contribution in [0.1, 0.15) is 11.3 Å². The second-order valence-electron chi connectivity index (χ2n) is 3.59. The zero-order chi connectivity index (χ0) is 11.2. The van der Waals surface area contributed by atoms with E-state index in [1.54, 1.807) is 13.4 Å². The van der Waals surface area contributed by atoms with Crippen molar-refractivity contribution in [2.45, 2.75) is 13.1 Å². The quantitative estimate of drug-likeness (QED) is 0.827. The second-order valence-corrected chi connectivity index (χ2v) is 3.59. The van der Waals surface area contributed by atoms with Crippen molar-refractivity contribution in [3.63, 3.8) is 0 Å². The topological polar surface area (TPSA) is 39.0 Å². The second kappa shape index (κ2) is 5.37. The molecule has 0 atom stereocenters. The van der Waals surface area contributed by atoms with Gasteiger partial charge >= 0.3 is 0 Å². The van der Waals surface area contributed by atoms with E-state index in [2.05, 4.69) is 11.4 Å². The molecule has 0 aliphatic rings. The number of methoxy groups -OCH3 is 1. The van der Waals surface area contributed by atoms with Gasteiger partial charge in [-0.3, -0.25) is 0 Å². The van der Waals surface area contributed by atoms with Crippen LogP contribution in [0.15, 0.2) is 47.1 Å². The number of hydrogen-bond acceptors (Lipinski definition) is 2. The highest BCUT2D eigenvalue weighted by atomic mass is 16.5. The molecular formula is C13H16NO2+. The molecule has 0 bridgehead atoms. The van der Waals surface area contributed by atoms with E-state index >= 15 is 0 Å². The molecular weight excluding hydrogens is 202 g/mol. The minimum absolute atomic E-state index is 0.852. The summed E-state index contributed by atoms with van der Waals surface area (Å²) in [4.78, 5) is 0. The number of nitrogens with two attached hydrogens (primary N) is 1. The molecule has 0 aliphatic carbocycles. The molecule has 0 unspecified atom stereocenters. The van der Waals surface area contributed by atoms with E-state index in [1.807, 2.05) is 30.3 Å². The van der Waals surface area contributed by atoms with Gasteiger partial charge in [-0.15, -0.1) is 0 Å². The predicted molar refractivity (Wildman–Crippen MR) is 61.0 cm³/mol. The third kappa shape index (κ3) is 2.64. The van der Waals surface area contributed by atoms with Crippen LogP contribution in [-0.2, 0) is 13.1 Å². The van der Waals surface area contributed by atoms with Gasteiger partial charge in [0, 0.05) is 5.56 Å². The first-order valence-corrected chi connectivity index (χ1v) is 5.36. The largest absolute Gasteiger partial charge is 0.496 e. The maximum atomic E-state index is 5.29. The van der Waals surface area contributed by atoms with Gasteiger partial charge in [0.1, 0.15) is 18.8 Å². The van der Waals surface area contributed by atoms with E-state index in [-0.39, 0.29) is 0 Å². The van der Waals surface area contributed by atoms with Gasteiger partial charge in [-0.1, -0.05) is 12.1 Å². The lowest BCUT2D eigenvalue weighted by Gasteiger charge is -2.06. The Kier molecular flexibility index (Phi) is 3.62. The van der Waals surface area contributed by atoms with Crippen molar-refractivity contribution in [2.24, 2.45) is 0 Å². The van der Waals surface area contributed by atoms with Crippen LogP contribution in [0.5, 0.6) is 5.75 Å². The summed E-state index contributed by atoms with van der Waals surface area (Å²) < 4.78 is 10.6. The molecule has 84 valence electrons. The number of hydrogen-bond donors (Lipinski definition) is 1. The molecule has 1 aromatic carbocycles. The molecule has 3 heteroatoms. The van der Waals surface area contributed by atoms with E-state index in [0.717, 1.165) is 24.6 Å². The standard InChI is InChI=1S/C13H15NO2/c1-15-13-7-3-2-5-11(13)9-14-10-12-6-4-8-16-12/h2-8,14H,9-10H2,1H3/p+1. The van der Waals surface area contributed by atoms with Crippen molar-refractivity contribution < 1.29 is 14.5 Å².